The fraction of sp³-hybridized carbons (Fsp3) is 0.412. The second-order valence-corrected chi connectivity index (χ2v) is 6.82. The Morgan fingerprint density at radius 3 is 2.50 bits per heavy atom. The highest BCUT2D eigenvalue weighted by molar-refractivity contribution is 6.24. The molecule has 3 aliphatic rings. The minimum atomic E-state index is -0.814. The second-order valence-electron chi connectivity index (χ2n) is 6.82. The lowest BCUT2D eigenvalue weighted by Crippen LogP contribution is -2.38. The van der Waals surface area contributed by atoms with E-state index in [2.05, 4.69) is 0 Å². The number of carbonyl (C=O) groups is 2. The van der Waals surface area contributed by atoms with Gasteiger partial charge in [-0.3, -0.25) is 19.7 Å². The maximum absolute atomic E-state index is 12.9. The maximum atomic E-state index is 12.9. The van der Waals surface area contributed by atoms with Crippen LogP contribution in [0.2, 0.25) is 0 Å². The number of nitro groups is 1. The number of imide groups is 1. The fourth-order valence-corrected chi connectivity index (χ4v) is 4.00. The van der Waals surface area contributed by atoms with Crippen LogP contribution in [0.5, 0.6) is 0 Å². The fourth-order valence-electron chi connectivity index (χ4n) is 4.00. The molecule has 0 saturated carbocycles. The third kappa shape index (κ3) is 1.70. The van der Waals surface area contributed by atoms with E-state index in [4.69, 9.17) is 4.74 Å². The average Bonchev–Trinajstić information content (AvgIpc) is 3.11. The Labute approximate surface area is 138 Å². The van der Waals surface area contributed by atoms with Gasteiger partial charge >= 0.3 is 0 Å². The van der Waals surface area contributed by atoms with Crippen molar-refractivity contribution >= 4 is 23.2 Å². The SMILES string of the molecule is Cc1cc(N2C(=O)[C@H]3[C@H]4C=C[C@@](C)(O4)[C@H]3C2=O)c([N+](=O)[O-])cc1C. The Morgan fingerprint density at radius 1 is 1.21 bits per heavy atom. The van der Waals surface area contributed by atoms with Gasteiger partial charge in [-0.25, -0.2) is 4.90 Å². The number of carbonyl (C=O) groups excluding carboxylic acids is 2. The molecule has 1 aromatic rings. The lowest BCUT2D eigenvalue weighted by atomic mass is 9.78. The van der Waals surface area contributed by atoms with Crippen LogP contribution in [-0.2, 0) is 14.3 Å². The number of amides is 2. The molecule has 124 valence electrons. The van der Waals surface area contributed by atoms with Crippen LogP contribution < -0.4 is 4.90 Å². The van der Waals surface area contributed by atoms with Crippen molar-refractivity contribution in [2.75, 3.05) is 4.90 Å². The summed E-state index contributed by atoms with van der Waals surface area (Å²) in [7, 11) is 0. The van der Waals surface area contributed by atoms with E-state index in [0.717, 1.165) is 16.0 Å². The van der Waals surface area contributed by atoms with E-state index in [9.17, 15) is 19.7 Å². The first-order valence-electron chi connectivity index (χ1n) is 7.75. The van der Waals surface area contributed by atoms with Gasteiger partial charge in [-0.2, -0.15) is 0 Å². The third-order valence-electron chi connectivity index (χ3n) is 5.36. The summed E-state index contributed by atoms with van der Waals surface area (Å²) in [5.41, 5.74) is 0.533. The van der Waals surface area contributed by atoms with Gasteiger partial charge in [0.25, 0.3) is 5.69 Å². The maximum Gasteiger partial charge on any atom is 0.293 e. The predicted molar refractivity (Wildman–Crippen MR) is 84.5 cm³/mol. The highest BCUT2D eigenvalue weighted by Gasteiger charge is 2.66. The summed E-state index contributed by atoms with van der Waals surface area (Å²) in [6, 6.07) is 2.95. The van der Waals surface area contributed by atoms with E-state index in [1.807, 2.05) is 6.08 Å². The molecule has 7 heteroatoms. The van der Waals surface area contributed by atoms with E-state index in [-0.39, 0.29) is 11.4 Å². The van der Waals surface area contributed by atoms with Gasteiger partial charge in [0.1, 0.15) is 5.69 Å². The third-order valence-corrected chi connectivity index (χ3v) is 5.36. The molecule has 4 atom stereocenters. The molecule has 0 N–H and O–H groups in total. The summed E-state index contributed by atoms with van der Waals surface area (Å²) in [5, 5.41) is 11.4. The Balaban J connectivity index is 1.85. The number of hydrogen-bond donors (Lipinski definition) is 0. The topological polar surface area (TPSA) is 89.8 Å². The molecule has 2 saturated heterocycles. The first-order chi connectivity index (χ1) is 11.2. The molecule has 24 heavy (non-hydrogen) atoms. The van der Waals surface area contributed by atoms with E-state index in [1.165, 1.54) is 6.07 Å². The molecule has 1 aromatic carbocycles. The van der Waals surface area contributed by atoms with Gasteiger partial charge in [0, 0.05) is 6.07 Å². The van der Waals surface area contributed by atoms with Gasteiger partial charge in [-0.15, -0.1) is 0 Å². The number of nitro benzene ring substituents is 1. The molecule has 2 bridgehead atoms. The van der Waals surface area contributed by atoms with Gasteiger partial charge in [0.15, 0.2) is 0 Å². The number of fused-ring (bicyclic) bond motifs is 5. The molecule has 3 aliphatic heterocycles. The molecule has 2 fully saturated rings. The summed E-state index contributed by atoms with van der Waals surface area (Å²) in [4.78, 5) is 37.7. The van der Waals surface area contributed by atoms with Crippen LogP contribution >= 0.6 is 0 Å². The molecule has 0 radical (unpaired) electrons. The smallest absolute Gasteiger partial charge is 0.293 e. The Morgan fingerprint density at radius 2 is 1.88 bits per heavy atom. The van der Waals surface area contributed by atoms with Crippen molar-refractivity contribution in [2.45, 2.75) is 32.5 Å². The van der Waals surface area contributed by atoms with Crippen molar-refractivity contribution in [3.63, 3.8) is 0 Å². The van der Waals surface area contributed by atoms with Crippen LogP contribution in [0.4, 0.5) is 11.4 Å². The van der Waals surface area contributed by atoms with Crippen molar-refractivity contribution in [1.29, 1.82) is 0 Å². The largest absolute Gasteiger partial charge is 0.362 e. The number of nitrogens with zero attached hydrogens (tertiary/aromatic N) is 2. The van der Waals surface area contributed by atoms with Crippen LogP contribution in [0.3, 0.4) is 0 Å². The number of aryl methyl sites for hydroxylation is 2. The number of anilines is 1. The number of ether oxygens (including phenoxy) is 1. The number of benzene rings is 1. The lowest BCUT2D eigenvalue weighted by Gasteiger charge is -2.24. The summed E-state index contributed by atoms with van der Waals surface area (Å²) in [6.07, 6.45) is 3.17. The molecule has 0 aliphatic carbocycles. The zero-order valence-corrected chi connectivity index (χ0v) is 13.5. The van der Waals surface area contributed by atoms with Crippen LogP contribution in [0.25, 0.3) is 0 Å². The predicted octanol–water partition coefficient (Wildman–Crippen LogP) is 2.04. The molecule has 7 nitrogen and oxygen atoms in total. The summed E-state index contributed by atoms with van der Waals surface area (Å²) >= 11 is 0. The summed E-state index contributed by atoms with van der Waals surface area (Å²) in [6.45, 7) is 5.33. The van der Waals surface area contributed by atoms with Crippen molar-refractivity contribution in [3.8, 4) is 0 Å². The quantitative estimate of drug-likeness (QED) is 0.359. The first-order valence-corrected chi connectivity index (χ1v) is 7.75. The molecular formula is C17H16N2O5. The highest BCUT2D eigenvalue weighted by Crippen LogP contribution is 2.53. The normalized spacial score (nSPS) is 33.5. The minimum absolute atomic E-state index is 0.0514. The van der Waals surface area contributed by atoms with Gasteiger partial charge in [0.2, 0.25) is 11.8 Å². The van der Waals surface area contributed by atoms with E-state index in [0.29, 0.717) is 0 Å². The zero-order chi connectivity index (χ0) is 17.4. The van der Waals surface area contributed by atoms with Crippen LogP contribution in [0, 0.1) is 35.8 Å². The highest BCUT2D eigenvalue weighted by atomic mass is 16.6. The van der Waals surface area contributed by atoms with Gasteiger partial charge in [-0.1, -0.05) is 12.2 Å². The van der Waals surface area contributed by atoms with Gasteiger partial charge in [-0.05, 0) is 38.0 Å². The lowest BCUT2D eigenvalue weighted by molar-refractivity contribution is -0.384. The van der Waals surface area contributed by atoms with E-state index < -0.39 is 40.3 Å². The zero-order valence-electron chi connectivity index (χ0n) is 13.5. The average molecular weight is 328 g/mol. The van der Waals surface area contributed by atoms with Crippen LogP contribution in [-0.4, -0.2) is 28.4 Å². The van der Waals surface area contributed by atoms with E-state index in [1.54, 1.807) is 32.9 Å². The monoisotopic (exact) mass is 328 g/mol. The van der Waals surface area contributed by atoms with Crippen LogP contribution in [0.15, 0.2) is 24.3 Å². The summed E-state index contributed by atoms with van der Waals surface area (Å²) < 4.78 is 5.76. The number of rotatable bonds is 2. The molecule has 4 rings (SSSR count). The Hall–Kier alpha value is -2.54. The molecule has 0 spiro atoms. The van der Waals surface area contributed by atoms with Gasteiger partial charge in [0.05, 0.1) is 28.5 Å². The second kappa shape index (κ2) is 4.51. The Bertz CT molecular complexity index is 846. The minimum Gasteiger partial charge on any atom is -0.362 e. The van der Waals surface area contributed by atoms with Crippen molar-refractivity contribution < 1.29 is 19.2 Å². The van der Waals surface area contributed by atoms with Crippen molar-refractivity contribution in [3.05, 3.63) is 45.5 Å². The van der Waals surface area contributed by atoms with E-state index >= 15 is 0 Å². The number of hydrogen-bond acceptors (Lipinski definition) is 5. The summed E-state index contributed by atoms with van der Waals surface area (Å²) in [5.74, 6) is -2.07. The molecule has 2 amide bonds. The molecule has 0 aromatic heterocycles. The standard InChI is InChI=1S/C17H16N2O5/c1-8-6-10(11(19(22)23)7-9(8)2)18-15(20)13-12-4-5-17(3,24-12)14(13)16(18)21/h4-7,12-14H,1-3H3/t12-,13+,14-,17-/m1/s1. The van der Waals surface area contributed by atoms with Crippen LogP contribution in [0.1, 0.15) is 18.1 Å². The molecule has 0 unspecified atom stereocenters. The molecular weight excluding hydrogens is 312 g/mol. The van der Waals surface area contributed by atoms with Crippen molar-refractivity contribution in [2.24, 2.45) is 11.8 Å². The van der Waals surface area contributed by atoms with Crippen molar-refractivity contribution in [1.82, 2.24) is 0 Å². The molecule has 3 heterocycles. The van der Waals surface area contributed by atoms with Gasteiger partial charge < -0.3 is 4.74 Å². The Kier molecular flexibility index (Phi) is 2.82. The first kappa shape index (κ1) is 15.0.